The van der Waals surface area contributed by atoms with E-state index in [4.69, 9.17) is 28.4 Å². The summed E-state index contributed by atoms with van der Waals surface area (Å²) in [7, 11) is 0. The molecule has 6 rings (SSSR count). The van der Waals surface area contributed by atoms with Crippen LogP contribution in [0, 0.1) is 0 Å². The van der Waals surface area contributed by atoms with Crippen molar-refractivity contribution in [2.75, 3.05) is 6.61 Å². The van der Waals surface area contributed by atoms with Crippen LogP contribution in [0.3, 0.4) is 0 Å². The highest BCUT2D eigenvalue weighted by Gasteiger charge is 2.56. The van der Waals surface area contributed by atoms with Gasteiger partial charge in [-0.05, 0) is 27.8 Å². The van der Waals surface area contributed by atoms with Crippen LogP contribution in [0.15, 0.2) is 126 Å². The molecule has 2 aliphatic rings. The van der Waals surface area contributed by atoms with E-state index in [1.165, 1.54) is 0 Å². The second-order valence-corrected chi connectivity index (χ2v) is 13.0. The zero-order chi connectivity index (χ0) is 37.0. The molecule has 13 nitrogen and oxygen atoms in total. The van der Waals surface area contributed by atoms with Gasteiger partial charge in [-0.3, -0.25) is 0 Å². The molecule has 1 aliphatic heterocycles. The van der Waals surface area contributed by atoms with Gasteiger partial charge in [0.15, 0.2) is 6.29 Å². The normalized spacial score (nSPS) is 30.0. The summed E-state index contributed by atoms with van der Waals surface area (Å²) < 4.78 is 38.8. The first kappa shape index (κ1) is 38.5. The van der Waals surface area contributed by atoms with Crippen LogP contribution in [0.2, 0.25) is 0 Å². The van der Waals surface area contributed by atoms with Crippen LogP contribution < -0.4 is 0 Å². The number of rotatable bonds is 16. The van der Waals surface area contributed by atoms with E-state index < -0.39 is 73.9 Å². The minimum Gasteiger partial charge on any atom is -0.394 e. The molecular weight excluding hydrogens is 682 g/mol. The molecule has 13 heteroatoms. The lowest BCUT2D eigenvalue weighted by Crippen LogP contribution is -2.68. The molecule has 11 atom stereocenters. The Bertz CT molecular complexity index is 1700. The van der Waals surface area contributed by atoms with E-state index in [1.54, 1.807) is 0 Å². The summed E-state index contributed by atoms with van der Waals surface area (Å²) in [4.78, 5) is 2.84. The van der Waals surface area contributed by atoms with Crippen LogP contribution in [0.25, 0.3) is 10.4 Å². The zero-order valence-corrected chi connectivity index (χ0v) is 29.0. The average molecular weight is 728 g/mol. The van der Waals surface area contributed by atoms with Crippen molar-refractivity contribution in [3.63, 3.8) is 0 Å². The fourth-order valence-electron chi connectivity index (χ4n) is 6.64. The summed E-state index contributed by atoms with van der Waals surface area (Å²) in [5.41, 5.74) is 12.8. The van der Waals surface area contributed by atoms with Crippen LogP contribution in [0.4, 0.5) is 0 Å². The fourth-order valence-corrected chi connectivity index (χ4v) is 6.64. The standard InChI is InChI=1S/C40H45N3O10/c41-43-42-31-33(46)32(45)30(21-44)52-40(31)53-36-34(47)35(48-22-26-13-5-1-6-14-26)37(49-23-27-15-7-2-8-16-27)39(51-25-29-19-11-4-12-20-29)38(36)50-24-28-17-9-3-10-18-28/h1-20,30-40,44-47H,21-25H2/t30-,31-,32+,33-,34+,35+,36+,37+,38-,39-,40-/m1/s1. The lowest BCUT2D eigenvalue weighted by molar-refractivity contribution is -0.332. The molecule has 280 valence electrons. The number of aliphatic hydroxyl groups excluding tert-OH is 4. The molecule has 2 fully saturated rings. The van der Waals surface area contributed by atoms with E-state index in [2.05, 4.69) is 10.0 Å². The maximum Gasteiger partial charge on any atom is 0.169 e. The Morgan fingerprint density at radius 2 is 0.906 bits per heavy atom. The lowest BCUT2D eigenvalue weighted by Gasteiger charge is -2.50. The van der Waals surface area contributed by atoms with Gasteiger partial charge < -0.3 is 48.8 Å². The Balaban J connectivity index is 1.40. The summed E-state index contributed by atoms with van der Waals surface area (Å²) >= 11 is 0. The van der Waals surface area contributed by atoms with Crippen molar-refractivity contribution in [2.24, 2.45) is 5.11 Å². The van der Waals surface area contributed by atoms with Gasteiger partial charge in [0.25, 0.3) is 0 Å². The van der Waals surface area contributed by atoms with E-state index in [-0.39, 0.29) is 26.4 Å². The first-order chi connectivity index (χ1) is 26.0. The van der Waals surface area contributed by atoms with Gasteiger partial charge in [0.05, 0.1) is 39.1 Å². The molecule has 0 amide bonds. The maximum absolute atomic E-state index is 12.3. The molecule has 0 bridgehead atoms. The minimum absolute atomic E-state index is 0.0934. The predicted molar refractivity (Wildman–Crippen MR) is 192 cm³/mol. The molecule has 0 unspecified atom stereocenters. The number of nitrogens with zero attached hydrogens (tertiary/aromatic N) is 3. The highest BCUT2D eigenvalue weighted by Crippen LogP contribution is 2.37. The van der Waals surface area contributed by atoms with Gasteiger partial charge in [0.1, 0.15) is 54.9 Å². The monoisotopic (exact) mass is 727 g/mol. The largest absolute Gasteiger partial charge is 0.394 e. The summed E-state index contributed by atoms with van der Waals surface area (Å²) in [6.07, 6.45) is -12.7. The van der Waals surface area contributed by atoms with E-state index >= 15 is 0 Å². The van der Waals surface area contributed by atoms with Crippen LogP contribution in [0.5, 0.6) is 0 Å². The van der Waals surface area contributed by atoms with Gasteiger partial charge in [-0.25, -0.2) is 0 Å². The Kier molecular flexibility index (Phi) is 14.0. The molecule has 1 aliphatic carbocycles. The SMILES string of the molecule is [N-]=[N+]=N[C@H]1[C@@H](O[C@H]2[C@@H](O)[C@H](OCc3ccccc3)[C@H](OCc3ccccc3)[C@@H](OCc3ccccc3)[C@@H]2OCc2ccccc2)O[C@H](CO)[C@H](O)[C@@H]1O. The summed E-state index contributed by atoms with van der Waals surface area (Å²) in [6.45, 7) is -0.146. The third-order valence-corrected chi connectivity index (χ3v) is 9.43. The van der Waals surface area contributed by atoms with Crippen molar-refractivity contribution in [1.82, 2.24) is 0 Å². The second-order valence-electron chi connectivity index (χ2n) is 13.0. The van der Waals surface area contributed by atoms with Crippen molar-refractivity contribution < 1.29 is 48.8 Å². The third-order valence-electron chi connectivity index (χ3n) is 9.43. The zero-order valence-electron chi connectivity index (χ0n) is 29.0. The first-order valence-corrected chi connectivity index (χ1v) is 17.6. The van der Waals surface area contributed by atoms with E-state index in [0.717, 1.165) is 22.3 Å². The van der Waals surface area contributed by atoms with Crippen molar-refractivity contribution >= 4 is 0 Å². The predicted octanol–water partition coefficient (Wildman–Crippen LogP) is 4.21. The highest BCUT2D eigenvalue weighted by atomic mass is 16.7. The molecule has 1 saturated heterocycles. The van der Waals surface area contributed by atoms with Gasteiger partial charge in [0, 0.05) is 4.91 Å². The van der Waals surface area contributed by atoms with Crippen molar-refractivity contribution in [3.05, 3.63) is 154 Å². The summed E-state index contributed by atoms with van der Waals surface area (Å²) in [6, 6.07) is 36.6. The molecule has 4 aromatic carbocycles. The van der Waals surface area contributed by atoms with Crippen molar-refractivity contribution in [3.8, 4) is 0 Å². The lowest BCUT2D eigenvalue weighted by atomic mass is 9.83. The molecular formula is C40H45N3O10. The average Bonchev–Trinajstić information content (AvgIpc) is 3.20. The summed E-state index contributed by atoms with van der Waals surface area (Å²) in [5.74, 6) is 0. The number of benzene rings is 4. The smallest absolute Gasteiger partial charge is 0.169 e. The maximum atomic E-state index is 12.3. The fraction of sp³-hybridized carbons (Fsp3) is 0.400. The molecule has 1 heterocycles. The molecule has 0 aromatic heterocycles. The van der Waals surface area contributed by atoms with Gasteiger partial charge in [-0.15, -0.1) is 0 Å². The first-order valence-electron chi connectivity index (χ1n) is 17.6. The van der Waals surface area contributed by atoms with Crippen molar-refractivity contribution in [2.45, 2.75) is 93.7 Å². The number of azide groups is 1. The van der Waals surface area contributed by atoms with E-state index in [1.807, 2.05) is 121 Å². The molecule has 53 heavy (non-hydrogen) atoms. The highest BCUT2D eigenvalue weighted by molar-refractivity contribution is 5.17. The molecule has 0 spiro atoms. The van der Waals surface area contributed by atoms with Crippen LogP contribution in [-0.4, -0.2) is 94.3 Å². The summed E-state index contributed by atoms with van der Waals surface area (Å²) in [5, 5.41) is 47.5. The second kappa shape index (κ2) is 19.2. The third kappa shape index (κ3) is 9.86. The van der Waals surface area contributed by atoms with Crippen LogP contribution in [0.1, 0.15) is 22.3 Å². The van der Waals surface area contributed by atoms with E-state index in [9.17, 15) is 26.0 Å². The Morgan fingerprint density at radius 1 is 0.528 bits per heavy atom. The van der Waals surface area contributed by atoms with Gasteiger partial charge in [0.2, 0.25) is 0 Å². The number of ether oxygens (including phenoxy) is 6. The number of hydrogen-bond acceptors (Lipinski definition) is 11. The van der Waals surface area contributed by atoms with Gasteiger partial charge >= 0.3 is 0 Å². The van der Waals surface area contributed by atoms with Gasteiger partial charge in [-0.2, -0.15) is 0 Å². The minimum atomic E-state index is -1.65. The quantitative estimate of drug-likeness (QED) is 0.0741. The molecule has 1 saturated carbocycles. The Hall–Kier alpha value is -4.21. The Labute approximate surface area is 307 Å². The topological polar surface area (TPSA) is 185 Å². The molecule has 4 aromatic rings. The number of hydrogen-bond donors (Lipinski definition) is 4. The van der Waals surface area contributed by atoms with E-state index in [0.29, 0.717) is 0 Å². The Morgan fingerprint density at radius 3 is 1.30 bits per heavy atom. The van der Waals surface area contributed by atoms with Crippen LogP contribution in [-0.2, 0) is 54.8 Å². The molecule has 4 N–H and O–H groups in total. The van der Waals surface area contributed by atoms with Crippen molar-refractivity contribution in [1.29, 1.82) is 0 Å². The van der Waals surface area contributed by atoms with Crippen LogP contribution >= 0.6 is 0 Å². The molecule has 0 radical (unpaired) electrons. The van der Waals surface area contributed by atoms with Gasteiger partial charge in [-0.1, -0.05) is 126 Å². The number of aliphatic hydroxyl groups is 4.